The smallest absolute Gasteiger partial charge is 0.148 e. The van der Waals surface area contributed by atoms with E-state index in [9.17, 15) is 0 Å². The molecule has 2 rings (SSSR count). The molecule has 0 amide bonds. The standard InChI is InChI=1S/C6H8N4/c1-4-5-2-7-3-8-6(5)10-9-4/h2-3,5-6,10H,1H3. The molecule has 2 aliphatic rings. The molecule has 0 aromatic rings. The van der Waals surface area contributed by atoms with Crippen LogP contribution in [0.2, 0.25) is 0 Å². The minimum Gasteiger partial charge on any atom is -0.285 e. The van der Waals surface area contributed by atoms with E-state index in [0.717, 1.165) is 5.71 Å². The molecule has 0 saturated heterocycles. The van der Waals surface area contributed by atoms with Gasteiger partial charge in [-0.15, -0.1) is 0 Å². The van der Waals surface area contributed by atoms with Crippen molar-refractivity contribution in [1.82, 2.24) is 5.43 Å². The van der Waals surface area contributed by atoms with E-state index in [-0.39, 0.29) is 12.1 Å². The molecular formula is C6H8N4. The molecule has 4 heteroatoms. The average Bonchev–Trinajstić information content (AvgIpc) is 2.34. The van der Waals surface area contributed by atoms with Gasteiger partial charge in [0, 0.05) is 11.9 Å². The molecule has 2 unspecified atom stereocenters. The first-order valence-corrected chi connectivity index (χ1v) is 3.22. The van der Waals surface area contributed by atoms with Gasteiger partial charge in [0.05, 0.1) is 5.92 Å². The second-order valence-corrected chi connectivity index (χ2v) is 2.42. The Morgan fingerprint density at radius 2 is 2.50 bits per heavy atom. The highest BCUT2D eigenvalue weighted by Gasteiger charge is 2.27. The van der Waals surface area contributed by atoms with Crippen LogP contribution in [0.25, 0.3) is 0 Å². The van der Waals surface area contributed by atoms with Crippen molar-refractivity contribution in [3.05, 3.63) is 0 Å². The molecule has 0 aliphatic carbocycles. The summed E-state index contributed by atoms with van der Waals surface area (Å²) in [6.07, 6.45) is 3.54. The Balaban J connectivity index is 2.27. The number of nitrogens with zero attached hydrogens (tertiary/aromatic N) is 3. The van der Waals surface area contributed by atoms with Gasteiger partial charge in [0.25, 0.3) is 0 Å². The number of hydrogen-bond acceptors (Lipinski definition) is 4. The van der Waals surface area contributed by atoms with Crippen LogP contribution >= 0.6 is 0 Å². The summed E-state index contributed by atoms with van der Waals surface area (Å²) in [5, 5.41) is 4.04. The zero-order valence-corrected chi connectivity index (χ0v) is 5.65. The van der Waals surface area contributed by atoms with Crippen molar-refractivity contribution in [3.63, 3.8) is 0 Å². The number of fused-ring (bicyclic) bond motifs is 1. The van der Waals surface area contributed by atoms with Gasteiger partial charge in [-0.1, -0.05) is 0 Å². The van der Waals surface area contributed by atoms with E-state index in [0.29, 0.717) is 0 Å². The molecule has 52 valence electrons. The van der Waals surface area contributed by atoms with Crippen LogP contribution in [0.15, 0.2) is 15.1 Å². The van der Waals surface area contributed by atoms with Crippen molar-refractivity contribution in [2.24, 2.45) is 21.0 Å². The van der Waals surface area contributed by atoms with Crippen LogP contribution in [0.5, 0.6) is 0 Å². The Kier molecular flexibility index (Phi) is 1.06. The fraction of sp³-hybridized carbons (Fsp3) is 0.500. The molecule has 4 nitrogen and oxygen atoms in total. The maximum atomic E-state index is 4.09. The van der Waals surface area contributed by atoms with Gasteiger partial charge in [0.2, 0.25) is 0 Å². The van der Waals surface area contributed by atoms with Crippen LogP contribution in [0.3, 0.4) is 0 Å². The van der Waals surface area contributed by atoms with Crippen LogP contribution in [-0.2, 0) is 0 Å². The van der Waals surface area contributed by atoms with Crippen molar-refractivity contribution in [2.75, 3.05) is 0 Å². The van der Waals surface area contributed by atoms with Crippen molar-refractivity contribution in [2.45, 2.75) is 13.1 Å². The van der Waals surface area contributed by atoms with Gasteiger partial charge in [-0.05, 0) is 6.92 Å². The van der Waals surface area contributed by atoms with Crippen molar-refractivity contribution in [1.29, 1.82) is 0 Å². The number of aliphatic imine (C=N–C) groups is 2. The number of rotatable bonds is 0. The van der Waals surface area contributed by atoms with Crippen molar-refractivity contribution < 1.29 is 0 Å². The molecule has 2 heterocycles. The van der Waals surface area contributed by atoms with E-state index in [1.807, 2.05) is 13.1 Å². The fourth-order valence-electron chi connectivity index (χ4n) is 1.11. The first kappa shape index (κ1) is 5.58. The van der Waals surface area contributed by atoms with Crippen LogP contribution in [0.1, 0.15) is 6.92 Å². The second kappa shape index (κ2) is 1.90. The van der Waals surface area contributed by atoms with Gasteiger partial charge in [-0.3, -0.25) is 5.43 Å². The van der Waals surface area contributed by atoms with E-state index in [4.69, 9.17) is 0 Å². The number of hydrogen-bond donors (Lipinski definition) is 1. The lowest BCUT2D eigenvalue weighted by Gasteiger charge is -2.12. The third-order valence-electron chi connectivity index (χ3n) is 1.74. The molecule has 0 spiro atoms. The van der Waals surface area contributed by atoms with Crippen LogP contribution in [0.4, 0.5) is 0 Å². The zero-order valence-electron chi connectivity index (χ0n) is 5.65. The minimum atomic E-state index is 0.109. The Labute approximate surface area is 58.8 Å². The molecule has 0 radical (unpaired) electrons. The monoisotopic (exact) mass is 136 g/mol. The highest BCUT2D eigenvalue weighted by molar-refractivity contribution is 6.01. The SMILES string of the molecule is CC1=NNC2N=CN=CC12. The summed E-state index contributed by atoms with van der Waals surface area (Å²) in [6, 6.07) is 0. The predicted octanol–water partition coefficient (Wildman–Crippen LogP) is 0.0205. The van der Waals surface area contributed by atoms with Gasteiger partial charge in [0.1, 0.15) is 12.5 Å². The lowest BCUT2D eigenvalue weighted by atomic mass is 10.0. The van der Waals surface area contributed by atoms with E-state index in [2.05, 4.69) is 20.5 Å². The molecular weight excluding hydrogens is 128 g/mol. The van der Waals surface area contributed by atoms with E-state index >= 15 is 0 Å². The molecule has 10 heavy (non-hydrogen) atoms. The normalized spacial score (nSPS) is 35.1. The molecule has 0 saturated carbocycles. The topological polar surface area (TPSA) is 49.1 Å². The maximum absolute atomic E-state index is 4.09. The van der Waals surface area contributed by atoms with Crippen molar-refractivity contribution in [3.8, 4) is 0 Å². The lowest BCUT2D eigenvalue weighted by Crippen LogP contribution is -2.30. The summed E-state index contributed by atoms with van der Waals surface area (Å²) in [7, 11) is 0. The van der Waals surface area contributed by atoms with E-state index in [1.165, 1.54) is 0 Å². The van der Waals surface area contributed by atoms with Crippen molar-refractivity contribution >= 4 is 18.3 Å². The average molecular weight is 136 g/mol. The highest BCUT2D eigenvalue weighted by atomic mass is 15.4. The fourth-order valence-corrected chi connectivity index (χ4v) is 1.11. The highest BCUT2D eigenvalue weighted by Crippen LogP contribution is 2.13. The summed E-state index contributed by atoms with van der Waals surface area (Å²) in [6.45, 7) is 1.98. The molecule has 0 fully saturated rings. The number of nitrogens with one attached hydrogen (secondary N) is 1. The quantitative estimate of drug-likeness (QED) is 0.501. The largest absolute Gasteiger partial charge is 0.285 e. The van der Waals surface area contributed by atoms with Gasteiger partial charge in [0.15, 0.2) is 0 Å². The van der Waals surface area contributed by atoms with E-state index < -0.39 is 0 Å². The molecule has 2 atom stereocenters. The van der Waals surface area contributed by atoms with Gasteiger partial charge < -0.3 is 0 Å². The molecule has 0 aromatic heterocycles. The Bertz CT molecular complexity index is 228. The van der Waals surface area contributed by atoms with Crippen LogP contribution in [0, 0.1) is 5.92 Å². The summed E-state index contributed by atoms with van der Waals surface area (Å²) in [5.41, 5.74) is 3.97. The van der Waals surface area contributed by atoms with Gasteiger partial charge >= 0.3 is 0 Å². The Hall–Kier alpha value is -1.19. The van der Waals surface area contributed by atoms with E-state index in [1.54, 1.807) is 6.34 Å². The minimum absolute atomic E-state index is 0.109. The Morgan fingerprint density at radius 1 is 1.60 bits per heavy atom. The molecule has 0 aromatic carbocycles. The van der Waals surface area contributed by atoms with Crippen LogP contribution < -0.4 is 5.43 Å². The predicted molar refractivity (Wildman–Crippen MR) is 40.5 cm³/mol. The second-order valence-electron chi connectivity index (χ2n) is 2.42. The number of hydrazone groups is 1. The molecule has 2 aliphatic heterocycles. The summed E-state index contributed by atoms with van der Waals surface area (Å²) >= 11 is 0. The molecule has 0 bridgehead atoms. The molecule has 1 N–H and O–H groups in total. The van der Waals surface area contributed by atoms with Crippen LogP contribution in [-0.4, -0.2) is 24.4 Å². The third-order valence-corrected chi connectivity index (χ3v) is 1.74. The first-order chi connectivity index (χ1) is 4.88. The summed E-state index contributed by atoms with van der Waals surface area (Å²) < 4.78 is 0. The van der Waals surface area contributed by atoms with Gasteiger partial charge in [-0.2, -0.15) is 5.10 Å². The summed E-state index contributed by atoms with van der Waals surface area (Å²) in [5.74, 6) is 0.282. The van der Waals surface area contributed by atoms with Gasteiger partial charge in [-0.25, -0.2) is 9.98 Å². The Morgan fingerprint density at radius 3 is 3.30 bits per heavy atom. The first-order valence-electron chi connectivity index (χ1n) is 3.22. The third kappa shape index (κ3) is 0.650. The summed E-state index contributed by atoms with van der Waals surface area (Å²) in [4.78, 5) is 8.03. The maximum Gasteiger partial charge on any atom is 0.148 e. The zero-order chi connectivity index (χ0) is 6.97. The lowest BCUT2D eigenvalue weighted by molar-refractivity contribution is 0.568.